The molecule has 0 atom stereocenters. The number of nitro groups is 1. The molecule has 0 aliphatic carbocycles. The minimum absolute atomic E-state index is 0.000363. The van der Waals surface area contributed by atoms with Crippen LogP contribution in [0.5, 0.6) is 0 Å². The quantitative estimate of drug-likeness (QED) is 0.368. The minimum atomic E-state index is -0.783. The van der Waals surface area contributed by atoms with Gasteiger partial charge in [-0.1, -0.05) is 29.8 Å². The van der Waals surface area contributed by atoms with Crippen molar-refractivity contribution in [3.63, 3.8) is 0 Å². The maximum absolute atomic E-state index is 11.8. The van der Waals surface area contributed by atoms with Crippen molar-refractivity contribution >= 4 is 35.2 Å². The molecule has 1 amide bonds. The molecule has 0 saturated carbocycles. The van der Waals surface area contributed by atoms with Gasteiger partial charge in [0, 0.05) is 22.7 Å². The summed E-state index contributed by atoms with van der Waals surface area (Å²) in [6.45, 7) is -0.318. The Morgan fingerprint density at radius 3 is 2.60 bits per heavy atom. The van der Waals surface area contributed by atoms with Crippen molar-refractivity contribution in [1.82, 2.24) is 0 Å². The van der Waals surface area contributed by atoms with Crippen LogP contribution >= 0.6 is 11.6 Å². The number of amides is 1. The zero-order valence-corrected chi connectivity index (χ0v) is 13.6. The summed E-state index contributed by atoms with van der Waals surface area (Å²) in [5.74, 6) is -1.47. The number of hydrogen-bond donors (Lipinski definition) is 1. The topological polar surface area (TPSA) is 113 Å². The lowest BCUT2D eigenvalue weighted by Crippen LogP contribution is -2.12. The van der Waals surface area contributed by atoms with E-state index in [0.717, 1.165) is 6.07 Å². The van der Waals surface area contributed by atoms with Crippen LogP contribution in [0.2, 0.25) is 5.02 Å². The average molecular weight is 361 g/mol. The maximum atomic E-state index is 11.8. The first kappa shape index (κ1) is 18.2. The van der Waals surface area contributed by atoms with Gasteiger partial charge in [-0.05, 0) is 29.8 Å². The van der Waals surface area contributed by atoms with Crippen molar-refractivity contribution in [3.05, 3.63) is 80.4 Å². The van der Waals surface area contributed by atoms with Gasteiger partial charge in [-0.15, -0.1) is 0 Å². The minimum Gasteiger partial charge on any atom is -0.457 e. The SMILES string of the molecule is NC(=O)c1ccc(COC(=O)/C=C/c2ccccc2Cl)c([N+](=O)[O-])c1. The molecular weight excluding hydrogens is 348 g/mol. The van der Waals surface area contributed by atoms with Crippen LogP contribution < -0.4 is 5.73 Å². The summed E-state index contributed by atoms with van der Waals surface area (Å²) in [5, 5.41) is 11.5. The third-order valence-electron chi connectivity index (χ3n) is 3.24. The number of nitrogens with two attached hydrogens (primary N) is 1. The molecule has 2 N–H and O–H groups in total. The Kier molecular flexibility index (Phi) is 5.86. The van der Waals surface area contributed by atoms with Crippen LogP contribution in [0.1, 0.15) is 21.5 Å². The monoisotopic (exact) mass is 360 g/mol. The summed E-state index contributed by atoms with van der Waals surface area (Å²) in [6.07, 6.45) is 2.65. The summed E-state index contributed by atoms with van der Waals surface area (Å²) in [4.78, 5) is 33.3. The lowest BCUT2D eigenvalue weighted by Gasteiger charge is -2.05. The molecule has 0 heterocycles. The molecule has 0 spiro atoms. The molecule has 0 aliphatic heterocycles. The summed E-state index contributed by atoms with van der Waals surface area (Å²) in [5.41, 5.74) is 5.53. The number of esters is 1. The highest BCUT2D eigenvalue weighted by molar-refractivity contribution is 6.32. The van der Waals surface area contributed by atoms with E-state index in [-0.39, 0.29) is 23.4 Å². The largest absolute Gasteiger partial charge is 0.457 e. The first-order valence-corrected chi connectivity index (χ1v) is 7.43. The summed E-state index contributed by atoms with van der Waals surface area (Å²) in [6, 6.07) is 10.6. The molecule has 25 heavy (non-hydrogen) atoms. The maximum Gasteiger partial charge on any atom is 0.331 e. The zero-order chi connectivity index (χ0) is 18.4. The summed E-state index contributed by atoms with van der Waals surface area (Å²) >= 11 is 5.96. The zero-order valence-electron chi connectivity index (χ0n) is 12.8. The van der Waals surface area contributed by atoms with Crippen LogP contribution in [0.4, 0.5) is 5.69 Å². The average Bonchev–Trinajstić information content (AvgIpc) is 2.58. The molecule has 0 fully saturated rings. The predicted molar refractivity (Wildman–Crippen MR) is 91.9 cm³/mol. The van der Waals surface area contributed by atoms with E-state index in [0.29, 0.717) is 10.6 Å². The van der Waals surface area contributed by atoms with E-state index in [1.807, 2.05) is 0 Å². The fourth-order valence-electron chi connectivity index (χ4n) is 1.97. The fraction of sp³-hybridized carbons (Fsp3) is 0.0588. The van der Waals surface area contributed by atoms with Crippen LogP contribution in [-0.2, 0) is 16.1 Å². The standard InChI is InChI=1S/C17H13ClN2O5/c18-14-4-2-1-3-11(14)7-8-16(21)25-10-13-6-5-12(17(19)22)9-15(13)20(23)24/h1-9H,10H2,(H2,19,22)/b8-7+. The van der Waals surface area contributed by atoms with Crippen LogP contribution in [0, 0.1) is 10.1 Å². The molecule has 2 aromatic rings. The second-order valence-electron chi connectivity index (χ2n) is 4.93. The Bertz CT molecular complexity index is 864. The third kappa shape index (κ3) is 4.89. The number of benzene rings is 2. The highest BCUT2D eigenvalue weighted by atomic mass is 35.5. The van der Waals surface area contributed by atoms with E-state index in [1.54, 1.807) is 24.3 Å². The third-order valence-corrected chi connectivity index (χ3v) is 3.58. The number of rotatable bonds is 6. The van der Waals surface area contributed by atoms with Gasteiger partial charge >= 0.3 is 5.97 Å². The molecule has 128 valence electrons. The van der Waals surface area contributed by atoms with E-state index in [4.69, 9.17) is 22.1 Å². The van der Waals surface area contributed by atoms with E-state index in [1.165, 1.54) is 24.3 Å². The summed E-state index contributed by atoms with van der Waals surface area (Å²) in [7, 11) is 0. The van der Waals surface area contributed by atoms with Crippen LogP contribution in [0.25, 0.3) is 6.08 Å². The normalized spacial score (nSPS) is 10.6. The molecule has 0 aromatic heterocycles. The highest BCUT2D eigenvalue weighted by Gasteiger charge is 2.17. The van der Waals surface area contributed by atoms with Crippen LogP contribution in [-0.4, -0.2) is 16.8 Å². The fourth-order valence-corrected chi connectivity index (χ4v) is 2.17. The highest BCUT2D eigenvalue weighted by Crippen LogP contribution is 2.21. The smallest absolute Gasteiger partial charge is 0.331 e. The second kappa shape index (κ2) is 8.07. The number of ether oxygens (including phenoxy) is 1. The molecular formula is C17H13ClN2O5. The van der Waals surface area contributed by atoms with Crippen LogP contribution in [0.3, 0.4) is 0 Å². The van der Waals surface area contributed by atoms with E-state index in [9.17, 15) is 19.7 Å². The van der Waals surface area contributed by atoms with Crippen LogP contribution in [0.15, 0.2) is 48.5 Å². The molecule has 2 rings (SSSR count). The van der Waals surface area contributed by atoms with E-state index in [2.05, 4.69) is 0 Å². The number of halogens is 1. The van der Waals surface area contributed by atoms with Gasteiger partial charge in [0.15, 0.2) is 0 Å². The molecule has 0 aliphatic rings. The van der Waals surface area contributed by atoms with Gasteiger partial charge in [0.2, 0.25) is 5.91 Å². The molecule has 0 bridgehead atoms. The van der Waals surface area contributed by atoms with Crippen molar-refractivity contribution in [2.45, 2.75) is 6.61 Å². The van der Waals surface area contributed by atoms with Crippen molar-refractivity contribution in [3.8, 4) is 0 Å². The van der Waals surface area contributed by atoms with E-state index >= 15 is 0 Å². The van der Waals surface area contributed by atoms with Gasteiger partial charge in [-0.2, -0.15) is 0 Å². The number of nitrogens with zero attached hydrogens (tertiary/aromatic N) is 1. The van der Waals surface area contributed by atoms with Crippen molar-refractivity contribution in [1.29, 1.82) is 0 Å². The first-order valence-electron chi connectivity index (χ1n) is 7.05. The van der Waals surface area contributed by atoms with Gasteiger partial charge in [0.25, 0.3) is 5.69 Å². The Morgan fingerprint density at radius 2 is 1.96 bits per heavy atom. The van der Waals surface area contributed by atoms with Crippen molar-refractivity contribution in [2.24, 2.45) is 5.73 Å². The first-order chi connectivity index (χ1) is 11.9. The Hall–Kier alpha value is -3.19. The lowest BCUT2D eigenvalue weighted by atomic mass is 10.1. The van der Waals surface area contributed by atoms with Gasteiger partial charge in [0.05, 0.1) is 10.5 Å². The van der Waals surface area contributed by atoms with E-state index < -0.39 is 16.8 Å². The number of primary amides is 1. The number of hydrogen-bond acceptors (Lipinski definition) is 5. The number of nitro benzene ring substituents is 1. The Labute approximate surface area is 147 Å². The van der Waals surface area contributed by atoms with Gasteiger partial charge in [-0.25, -0.2) is 4.79 Å². The molecule has 2 aromatic carbocycles. The molecule has 0 unspecified atom stereocenters. The van der Waals surface area contributed by atoms with Gasteiger partial charge in [0.1, 0.15) is 6.61 Å². The summed E-state index contributed by atoms with van der Waals surface area (Å²) < 4.78 is 4.99. The van der Waals surface area contributed by atoms with Crippen molar-refractivity contribution in [2.75, 3.05) is 0 Å². The Balaban J connectivity index is 2.08. The lowest BCUT2D eigenvalue weighted by molar-refractivity contribution is -0.385. The van der Waals surface area contributed by atoms with Gasteiger partial charge < -0.3 is 10.5 Å². The van der Waals surface area contributed by atoms with Crippen molar-refractivity contribution < 1.29 is 19.2 Å². The molecule has 0 saturated heterocycles. The molecule has 8 heteroatoms. The predicted octanol–water partition coefficient (Wildman–Crippen LogP) is 3.10. The van der Waals surface area contributed by atoms with Gasteiger partial charge in [-0.3, -0.25) is 14.9 Å². The number of carbonyl (C=O) groups excluding carboxylic acids is 2. The molecule has 7 nitrogen and oxygen atoms in total. The second-order valence-corrected chi connectivity index (χ2v) is 5.33. The Morgan fingerprint density at radius 1 is 1.24 bits per heavy atom. The molecule has 0 radical (unpaired) electrons. The number of carbonyl (C=O) groups is 2.